The standard InChI is InChI=1S/C21H29N6O5P/c1-15(2)31-18(28)9-10-26-33(29,32-17-7-5-4-6-8-17)14-30-16(3)11-27-13-25-19-20(22)23-12-24-21(19)27/h4-8,12-13,15-16H,9-11,14H2,1-3H3,(H,26,29)(H2,22,23,24)/t16-,33+/m1/s1. The highest BCUT2D eigenvalue weighted by molar-refractivity contribution is 7.57. The molecule has 0 fully saturated rings. The van der Waals surface area contributed by atoms with Crippen LogP contribution in [0, 0.1) is 0 Å². The van der Waals surface area contributed by atoms with Gasteiger partial charge in [0.1, 0.15) is 23.9 Å². The Balaban J connectivity index is 1.62. The number of nitrogens with zero attached hydrogens (tertiary/aromatic N) is 4. The number of rotatable bonds is 12. The molecule has 3 aromatic rings. The van der Waals surface area contributed by atoms with Gasteiger partial charge in [-0.15, -0.1) is 0 Å². The Labute approximate surface area is 192 Å². The van der Waals surface area contributed by atoms with Crippen molar-refractivity contribution in [2.24, 2.45) is 0 Å². The lowest BCUT2D eigenvalue weighted by atomic mass is 10.3. The van der Waals surface area contributed by atoms with Crippen molar-refractivity contribution >= 4 is 30.5 Å². The van der Waals surface area contributed by atoms with E-state index in [0.29, 0.717) is 29.3 Å². The number of hydrogen-bond donors (Lipinski definition) is 2. The number of nitrogens with two attached hydrogens (primary N) is 1. The minimum atomic E-state index is -3.48. The fourth-order valence-corrected chi connectivity index (χ4v) is 4.57. The predicted octanol–water partition coefficient (Wildman–Crippen LogP) is 2.97. The summed E-state index contributed by atoms with van der Waals surface area (Å²) in [7, 11) is -3.48. The third kappa shape index (κ3) is 7.24. The van der Waals surface area contributed by atoms with Gasteiger partial charge in [-0.05, 0) is 32.9 Å². The largest absolute Gasteiger partial charge is 0.463 e. The van der Waals surface area contributed by atoms with Crippen LogP contribution in [-0.2, 0) is 25.4 Å². The minimum Gasteiger partial charge on any atom is -0.463 e. The Morgan fingerprint density at radius 1 is 1.18 bits per heavy atom. The van der Waals surface area contributed by atoms with E-state index >= 15 is 0 Å². The lowest BCUT2D eigenvalue weighted by Gasteiger charge is -2.23. The van der Waals surface area contributed by atoms with Gasteiger partial charge in [-0.3, -0.25) is 9.36 Å². The molecule has 33 heavy (non-hydrogen) atoms. The lowest BCUT2D eigenvalue weighted by molar-refractivity contribution is -0.147. The number of fused-ring (bicyclic) bond motifs is 1. The molecule has 0 radical (unpaired) electrons. The zero-order valence-corrected chi connectivity index (χ0v) is 19.8. The van der Waals surface area contributed by atoms with Crippen LogP contribution < -0.4 is 15.3 Å². The van der Waals surface area contributed by atoms with Crippen LogP contribution in [0.1, 0.15) is 27.2 Å². The number of imidazole rings is 1. The van der Waals surface area contributed by atoms with Crippen molar-refractivity contribution in [3.63, 3.8) is 0 Å². The van der Waals surface area contributed by atoms with E-state index in [1.807, 2.05) is 13.0 Å². The summed E-state index contributed by atoms with van der Waals surface area (Å²) >= 11 is 0. The quantitative estimate of drug-likeness (QED) is 0.296. The van der Waals surface area contributed by atoms with Gasteiger partial charge in [0.15, 0.2) is 11.5 Å². The third-order valence-corrected chi connectivity index (χ3v) is 6.16. The topological polar surface area (TPSA) is 143 Å². The smallest absolute Gasteiger partial charge is 0.341 e. The van der Waals surface area contributed by atoms with Crippen molar-refractivity contribution in [3.05, 3.63) is 43.0 Å². The number of benzene rings is 1. The second kappa shape index (κ2) is 11.2. The predicted molar refractivity (Wildman–Crippen MR) is 124 cm³/mol. The van der Waals surface area contributed by atoms with Gasteiger partial charge in [0, 0.05) is 6.54 Å². The Bertz CT molecular complexity index is 1110. The maximum atomic E-state index is 13.5. The van der Waals surface area contributed by atoms with Gasteiger partial charge < -0.3 is 24.3 Å². The molecular weight excluding hydrogens is 447 g/mol. The van der Waals surface area contributed by atoms with Gasteiger partial charge in [0.05, 0.1) is 31.5 Å². The zero-order valence-electron chi connectivity index (χ0n) is 18.9. The average Bonchev–Trinajstić information content (AvgIpc) is 3.17. The molecule has 11 nitrogen and oxygen atoms in total. The summed E-state index contributed by atoms with van der Waals surface area (Å²) in [6.45, 7) is 5.90. The second-order valence-corrected chi connectivity index (χ2v) is 9.81. The first-order valence-corrected chi connectivity index (χ1v) is 12.4. The molecule has 0 saturated heterocycles. The highest BCUT2D eigenvalue weighted by Gasteiger charge is 2.27. The highest BCUT2D eigenvalue weighted by Crippen LogP contribution is 2.43. The van der Waals surface area contributed by atoms with Gasteiger partial charge in [-0.1, -0.05) is 18.2 Å². The number of para-hydroxylation sites is 1. The van der Waals surface area contributed by atoms with Crippen molar-refractivity contribution in [2.45, 2.75) is 45.9 Å². The van der Waals surface area contributed by atoms with Crippen LogP contribution in [0.2, 0.25) is 0 Å². The van der Waals surface area contributed by atoms with E-state index in [0.717, 1.165) is 0 Å². The van der Waals surface area contributed by atoms with Crippen LogP contribution in [0.4, 0.5) is 5.82 Å². The van der Waals surface area contributed by atoms with E-state index in [1.165, 1.54) is 6.33 Å². The minimum absolute atomic E-state index is 0.0536. The number of hydrogen-bond acceptors (Lipinski definition) is 9. The van der Waals surface area contributed by atoms with Gasteiger partial charge in [0.2, 0.25) is 0 Å². The maximum absolute atomic E-state index is 13.5. The maximum Gasteiger partial charge on any atom is 0.341 e. The van der Waals surface area contributed by atoms with E-state index in [9.17, 15) is 9.36 Å². The van der Waals surface area contributed by atoms with Crippen molar-refractivity contribution in [1.82, 2.24) is 24.6 Å². The Kier molecular flexibility index (Phi) is 8.37. The number of esters is 1. The molecule has 3 rings (SSSR count). The van der Waals surface area contributed by atoms with Crippen LogP contribution in [0.25, 0.3) is 11.2 Å². The summed E-state index contributed by atoms with van der Waals surface area (Å²) in [5, 5.41) is 2.85. The first-order chi connectivity index (χ1) is 15.8. The van der Waals surface area contributed by atoms with E-state index in [1.54, 1.807) is 49.0 Å². The fourth-order valence-electron chi connectivity index (χ4n) is 2.99. The lowest BCUT2D eigenvalue weighted by Crippen LogP contribution is -2.25. The van der Waals surface area contributed by atoms with Crippen LogP contribution >= 0.6 is 7.52 Å². The Hall–Kier alpha value is -3.01. The van der Waals surface area contributed by atoms with Crippen molar-refractivity contribution in [2.75, 3.05) is 18.6 Å². The highest BCUT2D eigenvalue weighted by atomic mass is 31.2. The number of aromatic nitrogens is 4. The fraction of sp³-hybridized carbons (Fsp3) is 0.429. The number of carbonyl (C=O) groups is 1. The molecule has 12 heteroatoms. The van der Waals surface area contributed by atoms with Crippen LogP contribution in [0.5, 0.6) is 5.75 Å². The molecule has 3 N–H and O–H groups in total. The van der Waals surface area contributed by atoms with Crippen molar-refractivity contribution in [1.29, 1.82) is 0 Å². The summed E-state index contributed by atoms with van der Waals surface area (Å²) in [4.78, 5) is 24.2. The molecule has 0 aliphatic rings. The van der Waals surface area contributed by atoms with E-state index in [-0.39, 0.29) is 37.5 Å². The molecule has 0 amide bonds. The molecule has 0 spiro atoms. The molecule has 0 aliphatic heterocycles. The third-order valence-electron chi connectivity index (χ3n) is 4.46. The normalized spacial score (nSPS) is 14.2. The first-order valence-electron chi connectivity index (χ1n) is 10.6. The zero-order chi connectivity index (χ0) is 23.8. The number of nitrogen functional groups attached to an aromatic ring is 1. The van der Waals surface area contributed by atoms with E-state index in [2.05, 4.69) is 20.0 Å². The number of carbonyl (C=O) groups excluding carboxylic acids is 1. The molecule has 0 saturated carbocycles. The molecule has 2 heterocycles. The molecule has 178 valence electrons. The molecule has 0 unspecified atom stereocenters. The molecular formula is C21H29N6O5P. The van der Waals surface area contributed by atoms with Gasteiger partial charge in [-0.2, -0.15) is 0 Å². The number of anilines is 1. The van der Waals surface area contributed by atoms with E-state index in [4.69, 9.17) is 19.7 Å². The Morgan fingerprint density at radius 2 is 1.94 bits per heavy atom. The summed E-state index contributed by atoms with van der Waals surface area (Å²) in [6.07, 6.45) is 2.27. The summed E-state index contributed by atoms with van der Waals surface area (Å²) in [5.41, 5.74) is 6.93. The van der Waals surface area contributed by atoms with Crippen molar-refractivity contribution < 1.29 is 23.4 Å². The number of nitrogens with one attached hydrogen (secondary N) is 1. The number of ether oxygens (including phenoxy) is 2. The molecule has 1 aromatic carbocycles. The average molecular weight is 476 g/mol. The SMILES string of the molecule is CC(C)OC(=O)CCN[P@](=O)(CO[C@H](C)Cn1cnc2c(N)ncnc21)Oc1ccccc1. The second-order valence-electron chi connectivity index (χ2n) is 7.71. The van der Waals surface area contributed by atoms with Gasteiger partial charge in [0.25, 0.3) is 0 Å². The summed E-state index contributed by atoms with van der Waals surface area (Å²) in [6, 6.07) is 8.79. The first kappa shape index (κ1) is 24.6. The van der Waals surface area contributed by atoms with Crippen LogP contribution in [0.15, 0.2) is 43.0 Å². The molecule has 0 bridgehead atoms. The molecule has 2 atom stereocenters. The monoisotopic (exact) mass is 476 g/mol. The van der Waals surface area contributed by atoms with Crippen molar-refractivity contribution in [3.8, 4) is 5.75 Å². The Morgan fingerprint density at radius 3 is 2.67 bits per heavy atom. The van der Waals surface area contributed by atoms with Gasteiger partial charge >= 0.3 is 13.5 Å². The molecule has 2 aromatic heterocycles. The van der Waals surface area contributed by atoms with Crippen LogP contribution in [-0.4, -0.2) is 50.6 Å². The van der Waals surface area contributed by atoms with Gasteiger partial charge in [-0.25, -0.2) is 20.0 Å². The van der Waals surface area contributed by atoms with Crippen LogP contribution in [0.3, 0.4) is 0 Å². The molecule has 0 aliphatic carbocycles. The van der Waals surface area contributed by atoms with E-state index < -0.39 is 7.52 Å². The summed E-state index contributed by atoms with van der Waals surface area (Å²) < 4.78 is 32.0. The summed E-state index contributed by atoms with van der Waals surface area (Å²) in [5.74, 6) is 0.349.